The maximum absolute atomic E-state index is 11.4. The van der Waals surface area contributed by atoms with Gasteiger partial charge in [0.05, 0.1) is 13.7 Å². The van der Waals surface area contributed by atoms with E-state index in [1.54, 1.807) is 20.1 Å². The Hall–Kier alpha value is -2.30. The van der Waals surface area contributed by atoms with Gasteiger partial charge < -0.3 is 14.0 Å². The predicted molar refractivity (Wildman–Crippen MR) is 68.3 cm³/mol. The minimum atomic E-state index is -0.469. The van der Waals surface area contributed by atoms with Gasteiger partial charge in [0, 0.05) is 12.5 Å². The number of methoxy groups -OCH3 is 1. The van der Waals surface area contributed by atoms with Crippen molar-refractivity contribution in [1.29, 1.82) is 0 Å². The van der Waals surface area contributed by atoms with Crippen molar-refractivity contribution >= 4 is 5.97 Å². The molecule has 0 aliphatic rings. The molecule has 0 saturated heterocycles. The molecule has 0 aliphatic heterocycles. The lowest BCUT2D eigenvalue weighted by Gasteiger charge is -2.01. The zero-order chi connectivity index (χ0) is 13.7. The minimum Gasteiger partial charge on any atom is -0.497 e. The van der Waals surface area contributed by atoms with Gasteiger partial charge in [0.25, 0.3) is 0 Å². The average Bonchev–Trinajstić information content (AvgIpc) is 2.88. The van der Waals surface area contributed by atoms with E-state index in [2.05, 4.69) is 5.16 Å². The third kappa shape index (κ3) is 3.34. The van der Waals surface area contributed by atoms with Crippen LogP contribution in [0.15, 0.2) is 34.9 Å². The van der Waals surface area contributed by atoms with E-state index in [0.717, 1.165) is 11.3 Å². The van der Waals surface area contributed by atoms with Crippen LogP contribution in [-0.2, 0) is 11.2 Å². The van der Waals surface area contributed by atoms with Crippen molar-refractivity contribution < 1.29 is 18.8 Å². The second kappa shape index (κ2) is 6.04. The van der Waals surface area contributed by atoms with Gasteiger partial charge in [-0.25, -0.2) is 4.79 Å². The molecule has 0 aliphatic carbocycles. The molecular formula is C14H15NO4. The lowest BCUT2D eigenvalue weighted by Crippen LogP contribution is -2.04. The molecule has 5 heteroatoms. The number of rotatable bonds is 5. The minimum absolute atomic E-state index is 0.194. The summed E-state index contributed by atoms with van der Waals surface area (Å²) in [5, 5.41) is 3.69. The summed E-state index contributed by atoms with van der Waals surface area (Å²) in [7, 11) is 1.62. The van der Waals surface area contributed by atoms with Crippen LogP contribution in [0.4, 0.5) is 0 Å². The monoisotopic (exact) mass is 261 g/mol. The maximum atomic E-state index is 11.4. The normalized spacial score (nSPS) is 10.2. The van der Waals surface area contributed by atoms with Crippen LogP contribution < -0.4 is 4.74 Å². The van der Waals surface area contributed by atoms with Crippen molar-refractivity contribution in [3.05, 3.63) is 47.3 Å². The fourth-order valence-electron chi connectivity index (χ4n) is 1.68. The molecule has 19 heavy (non-hydrogen) atoms. The highest BCUT2D eigenvalue weighted by Gasteiger charge is 2.13. The van der Waals surface area contributed by atoms with Gasteiger partial charge in [0.1, 0.15) is 11.5 Å². The van der Waals surface area contributed by atoms with E-state index in [1.165, 1.54) is 0 Å². The number of carbonyl (C=O) groups is 1. The first-order chi connectivity index (χ1) is 9.22. The topological polar surface area (TPSA) is 61.6 Å². The summed E-state index contributed by atoms with van der Waals surface area (Å²) in [5.74, 6) is 0.919. The molecule has 0 saturated carbocycles. The third-order valence-electron chi connectivity index (χ3n) is 2.56. The summed E-state index contributed by atoms with van der Waals surface area (Å²) >= 11 is 0. The second-order valence-electron chi connectivity index (χ2n) is 3.93. The van der Waals surface area contributed by atoms with Crippen molar-refractivity contribution in [3.8, 4) is 5.75 Å². The van der Waals surface area contributed by atoms with Gasteiger partial charge in [-0.15, -0.1) is 0 Å². The van der Waals surface area contributed by atoms with Gasteiger partial charge in [-0.05, 0) is 24.6 Å². The van der Waals surface area contributed by atoms with Crippen LogP contribution in [0.1, 0.15) is 28.7 Å². The van der Waals surface area contributed by atoms with Crippen LogP contribution in [0, 0.1) is 0 Å². The Morgan fingerprint density at radius 3 is 2.95 bits per heavy atom. The molecule has 0 N–H and O–H groups in total. The van der Waals surface area contributed by atoms with E-state index in [9.17, 15) is 4.79 Å². The summed E-state index contributed by atoms with van der Waals surface area (Å²) in [6.45, 7) is 2.06. The highest BCUT2D eigenvalue weighted by molar-refractivity contribution is 5.87. The molecule has 5 nitrogen and oxygen atoms in total. The molecule has 1 aromatic heterocycles. The van der Waals surface area contributed by atoms with Crippen molar-refractivity contribution in [3.63, 3.8) is 0 Å². The molecule has 0 bridgehead atoms. The Kier molecular flexibility index (Phi) is 4.18. The number of hydrogen-bond acceptors (Lipinski definition) is 5. The molecule has 1 heterocycles. The number of benzene rings is 1. The Bertz CT molecular complexity index is 562. The molecule has 1 aromatic carbocycles. The Morgan fingerprint density at radius 1 is 1.37 bits per heavy atom. The number of esters is 1. The Labute approximate surface area is 111 Å². The molecule has 0 spiro atoms. The molecule has 100 valence electrons. The quantitative estimate of drug-likeness (QED) is 0.774. The summed E-state index contributed by atoms with van der Waals surface area (Å²) in [5.41, 5.74) is 1.21. The smallest absolute Gasteiger partial charge is 0.360 e. The highest BCUT2D eigenvalue weighted by Crippen LogP contribution is 2.16. The first-order valence-corrected chi connectivity index (χ1v) is 5.98. The molecule has 0 atom stereocenters. The number of nitrogens with zero attached hydrogens (tertiary/aromatic N) is 1. The summed E-state index contributed by atoms with van der Waals surface area (Å²) in [6, 6.07) is 9.23. The van der Waals surface area contributed by atoms with Crippen molar-refractivity contribution in [2.45, 2.75) is 13.3 Å². The first kappa shape index (κ1) is 13.1. The van der Waals surface area contributed by atoms with Gasteiger partial charge in [0.15, 0.2) is 5.69 Å². The summed E-state index contributed by atoms with van der Waals surface area (Å²) < 4.78 is 15.1. The predicted octanol–water partition coefficient (Wildman–Crippen LogP) is 2.45. The van der Waals surface area contributed by atoms with E-state index in [-0.39, 0.29) is 5.69 Å². The largest absolute Gasteiger partial charge is 0.497 e. The number of ether oxygens (including phenoxy) is 2. The van der Waals surface area contributed by atoms with Crippen LogP contribution >= 0.6 is 0 Å². The van der Waals surface area contributed by atoms with E-state index in [1.807, 2.05) is 24.3 Å². The van der Waals surface area contributed by atoms with E-state index in [4.69, 9.17) is 14.0 Å². The zero-order valence-corrected chi connectivity index (χ0v) is 10.9. The van der Waals surface area contributed by atoms with Crippen LogP contribution in [-0.4, -0.2) is 24.8 Å². The molecule has 0 amide bonds. The van der Waals surface area contributed by atoms with Crippen LogP contribution in [0.3, 0.4) is 0 Å². The van der Waals surface area contributed by atoms with E-state index >= 15 is 0 Å². The molecule has 0 fully saturated rings. The van der Waals surface area contributed by atoms with Gasteiger partial charge >= 0.3 is 5.97 Å². The van der Waals surface area contributed by atoms with Crippen LogP contribution in [0.25, 0.3) is 0 Å². The maximum Gasteiger partial charge on any atom is 0.360 e. The third-order valence-corrected chi connectivity index (χ3v) is 2.56. The van der Waals surface area contributed by atoms with Crippen LogP contribution in [0.5, 0.6) is 5.75 Å². The Morgan fingerprint density at radius 2 is 2.21 bits per heavy atom. The average molecular weight is 261 g/mol. The number of hydrogen-bond donors (Lipinski definition) is 0. The molecule has 2 rings (SSSR count). The lowest BCUT2D eigenvalue weighted by molar-refractivity contribution is 0.0514. The molecule has 0 unspecified atom stereocenters. The lowest BCUT2D eigenvalue weighted by atomic mass is 10.1. The number of aromatic nitrogens is 1. The van der Waals surface area contributed by atoms with Crippen LogP contribution in [0.2, 0.25) is 0 Å². The fourth-order valence-corrected chi connectivity index (χ4v) is 1.68. The van der Waals surface area contributed by atoms with E-state index in [0.29, 0.717) is 18.8 Å². The molecule has 0 radical (unpaired) electrons. The van der Waals surface area contributed by atoms with Crippen molar-refractivity contribution in [2.75, 3.05) is 13.7 Å². The fraction of sp³-hybridized carbons (Fsp3) is 0.286. The molecule has 2 aromatic rings. The standard InChI is InChI=1S/C14H15NO4/c1-3-18-14(16)13-9-12(19-15-13)8-10-5-4-6-11(7-10)17-2/h4-7,9H,3,8H2,1-2H3. The Balaban J connectivity index is 2.09. The highest BCUT2D eigenvalue weighted by atomic mass is 16.5. The SMILES string of the molecule is CCOC(=O)c1cc(Cc2cccc(OC)c2)on1. The zero-order valence-electron chi connectivity index (χ0n) is 10.9. The van der Waals surface area contributed by atoms with Crippen molar-refractivity contribution in [1.82, 2.24) is 5.16 Å². The summed E-state index contributed by atoms with van der Waals surface area (Å²) in [4.78, 5) is 11.4. The van der Waals surface area contributed by atoms with Gasteiger partial charge in [0.2, 0.25) is 0 Å². The van der Waals surface area contributed by atoms with Gasteiger partial charge in [-0.2, -0.15) is 0 Å². The first-order valence-electron chi connectivity index (χ1n) is 5.98. The van der Waals surface area contributed by atoms with E-state index < -0.39 is 5.97 Å². The summed E-state index contributed by atoms with van der Waals surface area (Å²) in [6.07, 6.45) is 0.545. The molecular weight excluding hydrogens is 246 g/mol. The number of carbonyl (C=O) groups excluding carboxylic acids is 1. The van der Waals surface area contributed by atoms with Gasteiger partial charge in [-0.3, -0.25) is 0 Å². The van der Waals surface area contributed by atoms with Crippen molar-refractivity contribution in [2.24, 2.45) is 0 Å². The second-order valence-corrected chi connectivity index (χ2v) is 3.93. The van der Waals surface area contributed by atoms with Gasteiger partial charge in [-0.1, -0.05) is 17.3 Å².